The van der Waals surface area contributed by atoms with E-state index in [0.29, 0.717) is 12.2 Å². The van der Waals surface area contributed by atoms with Crippen LogP contribution in [0.1, 0.15) is 15.9 Å². The quantitative estimate of drug-likeness (QED) is 0.631. The number of benzene rings is 2. The molecule has 0 saturated carbocycles. The van der Waals surface area contributed by atoms with Gasteiger partial charge in [-0.25, -0.2) is 0 Å². The lowest BCUT2D eigenvalue weighted by molar-refractivity contribution is 0.112. The summed E-state index contributed by atoms with van der Waals surface area (Å²) in [5.41, 5.74) is 3.76. The van der Waals surface area contributed by atoms with Crippen LogP contribution in [0, 0.1) is 0 Å². The number of carbonyl (C=O) groups is 1. The summed E-state index contributed by atoms with van der Waals surface area (Å²) < 4.78 is 5.82. The minimum atomic E-state index is 0.518. The molecule has 0 radical (unpaired) electrons. The van der Waals surface area contributed by atoms with Crippen LogP contribution in [-0.2, 0) is 6.61 Å². The smallest absolute Gasteiger partial charge is 0.150 e. The number of carbonyl (C=O) groups excluding carboxylic acids is 1. The monoisotopic (exact) mass is 294 g/mol. The molecule has 0 saturated heterocycles. The van der Waals surface area contributed by atoms with Gasteiger partial charge in [-0.15, -0.1) is 0 Å². The Bertz CT molecular complexity index is 718. The molecule has 0 aliphatic carbocycles. The Morgan fingerprint density at radius 1 is 1.05 bits per heavy atom. The van der Waals surface area contributed by atoms with E-state index in [-0.39, 0.29) is 0 Å². The van der Waals surface area contributed by atoms with E-state index in [1.54, 1.807) is 17.4 Å². The minimum Gasteiger partial charge on any atom is -0.489 e. The van der Waals surface area contributed by atoms with E-state index >= 15 is 0 Å². The van der Waals surface area contributed by atoms with E-state index in [2.05, 4.69) is 0 Å². The molecule has 1 aromatic heterocycles. The van der Waals surface area contributed by atoms with Gasteiger partial charge in [-0.3, -0.25) is 4.79 Å². The molecule has 0 spiro atoms. The largest absolute Gasteiger partial charge is 0.489 e. The topological polar surface area (TPSA) is 26.3 Å². The average molecular weight is 294 g/mol. The van der Waals surface area contributed by atoms with E-state index in [0.717, 1.165) is 28.7 Å². The number of aldehydes is 1. The summed E-state index contributed by atoms with van der Waals surface area (Å²) >= 11 is 1.61. The molecule has 0 aliphatic heterocycles. The van der Waals surface area contributed by atoms with Gasteiger partial charge in [0.15, 0.2) is 6.29 Å². The Morgan fingerprint density at radius 2 is 1.90 bits per heavy atom. The standard InChI is InChI=1S/C18H14O2S/c19-11-15-6-7-17(10-18(15)16-8-9-21-13-16)20-12-14-4-2-1-3-5-14/h1-11,13H,12H2. The van der Waals surface area contributed by atoms with Crippen LogP contribution in [0.2, 0.25) is 0 Å². The van der Waals surface area contributed by atoms with Gasteiger partial charge in [-0.05, 0) is 51.7 Å². The molecule has 2 nitrogen and oxygen atoms in total. The molecule has 0 atom stereocenters. The molecule has 0 N–H and O–H groups in total. The first kappa shape index (κ1) is 13.6. The highest BCUT2D eigenvalue weighted by Gasteiger charge is 2.07. The summed E-state index contributed by atoms with van der Waals surface area (Å²) in [6, 6.07) is 17.6. The molecule has 0 aliphatic rings. The van der Waals surface area contributed by atoms with Crippen LogP contribution in [0.3, 0.4) is 0 Å². The summed E-state index contributed by atoms with van der Waals surface area (Å²) in [6.07, 6.45) is 0.883. The van der Waals surface area contributed by atoms with Crippen molar-refractivity contribution in [3.63, 3.8) is 0 Å². The van der Waals surface area contributed by atoms with Gasteiger partial charge in [0.05, 0.1) is 0 Å². The first-order chi connectivity index (χ1) is 10.4. The lowest BCUT2D eigenvalue weighted by Gasteiger charge is -2.09. The van der Waals surface area contributed by atoms with E-state index in [4.69, 9.17) is 4.74 Å². The fourth-order valence-corrected chi connectivity index (χ4v) is 2.79. The van der Waals surface area contributed by atoms with Crippen molar-refractivity contribution < 1.29 is 9.53 Å². The van der Waals surface area contributed by atoms with Crippen molar-refractivity contribution >= 4 is 17.6 Å². The van der Waals surface area contributed by atoms with E-state index in [1.807, 2.05) is 59.3 Å². The van der Waals surface area contributed by atoms with Gasteiger partial charge in [-0.2, -0.15) is 11.3 Å². The number of thiophene rings is 1. The predicted molar refractivity (Wildman–Crippen MR) is 85.9 cm³/mol. The van der Waals surface area contributed by atoms with Gasteiger partial charge >= 0.3 is 0 Å². The van der Waals surface area contributed by atoms with Gasteiger partial charge in [0.25, 0.3) is 0 Å². The second-order valence-corrected chi connectivity index (χ2v) is 5.43. The van der Waals surface area contributed by atoms with Crippen LogP contribution in [0.5, 0.6) is 5.75 Å². The molecular weight excluding hydrogens is 280 g/mol. The Morgan fingerprint density at radius 3 is 2.62 bits per heavy atom. The highest BCUT2D eigenvalue weighted by atomic mass is 32.1. The van der Waals surface area contributed by atoms with Crippen molar-refractivity contribution in [3.05, 3.63) is 76.5 Å². The fraction of sp³-hybridized carbons (Fsp3) is 0.0556. The van der Waals surface area contributed by atoms with Crippen molar-refractivity contribution in [1.82, 2.24) is 0 Å². The molecule has 3 heteroatoms. The fourth-order valence-electron chi connectivity index (χ4n) is 2.14. The zero-order chi connectivity index (χ0) is 14.5. The summed E-state index contributed by atoms with van der Waals surface area (Å²) in [6.45, 7) is 0.518. The minimum absolute atomic E-state index is 0.518. The third-order valence-electron chi connectivity index (χ3n) is 3.23. The van der Waals surface area contributed by atoms with Crippen LogP contribution < -0.4 is 4.74 Å². The van der Waals surface area contributed by atoms with Crippen LogP contribution in [0.4, 0.5) is 0 Å². The third kappa shape index (κ3) is 3.20. The Kier molecular flexibility index (Phi) is 4.12. The van der Waals surface area contributed by atoms with Crippen LogP contribution in [0.15, 0.2) is 65.4 Å². The summed E-state index contributed by atoms with van der Waals surface area (Å²) in [5.74, 6) is 0.769. The molecule has 104 valence electrons. The van der Waals surface area contributed by atoms with Gasteiger partial charge in [0.1, 0.15) is 12.4 Å². The van der Waals surface area contributed by atoms with Gasteiger partial charge in [0.2, 0.25) is 0 Å². The zero-order valence-electron chi connectivity index (χ0n) is 11.4. The normalized spacial score (nSPS) is 10.3. The average Bonchev–Trinajstić information content (AvgIpc) is 3.08. The first-order valence-electron chi connectivity index (χ1n) is 6.65. The highest BCUT2D eigenvalue weighted by Crippen LogP contribution is 2.29. The number of ether oxygens (including phenoxy) is 1. The Labute approximate surface area is 127 Å². The Balaban J connectivity index is 1.84. The third-order valence-corrected chi connectivity index (χ3v) is 3.92. The first-order valence-corrected chi connectivity index (χ1v) is 7.59. The summed E-state index contributed by atoms with van der Waals surface area (Å²) in [4.78, 5) is 11.2. The van der Waals surface area contributed by atoms with Crippen molar-refractivity contribution in [1.29, 1.82) is 0 Å². The van der Waals surface area contributed by atoms with Crippen LogP contribution in [0.25, 0.3) is 11.1 Å². The van der Waals surface area contributed by atoms with E-state index < -0.39 is 0 Å². The second-order valence-electron chi connectivity index (χ2n) is 4.65. The van der Waals surface area contributed by atoms with Crippen LogP contribution >= 0.6 is 11.3 Å². The molecule has 3 aromatic rings. The molecule has 3 rings (SSSR count). The highest BCUT2D eigenvalue weighted by molar-refractivity contribution is 7.08. The SMILES string of the molecule is O=Cc1ccc(OCc2ccccc2)cc1-c1ccsc1. The molecular formula is C18H14O2S. The van der Waals surface area contributed by atoms with E-state index in [9.17, 15) is 4.79 Å². The second kappa shape index (κ2) is 6.37. The molecule has 2 aromatic carbocycles. The predicted octanol–water partition coefficient (Wildman–Crippen LogP) is 4.81. The maximum atomic E-state index is 11.2. The number of hydrogen-bond donors (Lipinski definition) is 0. The van der Waals surface area contributed by atoms with Gasteiger partial charge in [-0.1, -0.05) is 30.3 Å². The van der Waals surface area contributed by atoms with Crippen LogP contribution in [-0.4, -0.2) is 6.29 Å². The maximum Gasteiger partial charge on any atom is 0.150 e. The van der Waals surface area contributed by atoms with Crippen molar-refractivity contribution in [2.24, 2.45) is 0 Å². The molecule has 0 unspecified atom stereocenters. The molecule has 0 bridgehead atoms. The molecule has 21 heavy (non-hydrogen) atoms. The van der Waals surface area contributed by atoms with Crippen molar-refractivity contribution in [3.8, 4) is 16.9 Å². The summed E-state index contributed by atoms with van der Waals surface area (Å²) in [7, 11) is 0. The summed E-state index contributed by atoms with van der Waals surface area (Å²) in [5, 5.41) is 4.03. The zero-order valence-corrected chi connectivity index (χ0v) is 12.2. The van der Waals surface area contributed by atoms with E-state index in [1.165, 1.54) is 0 Å². The number of hydrogen-bond acceptors (Lipinski definition) is 3. The van der Waals surface area contributed by atoms with Gasteiger partial charge < -0.3 is 4.74 Å². The lowest BCUT2D eigenvalue weighted by Crippen LogP contribution is -1.96. The molecule has 0 fully saturated rings. The number of rotatable bonds is 5. The van der Waals surface area contributed by atoms with Crippen molar-refractivity contribution in [2.75, 3.05) is 0 Å². The molecule has 0 amide bonds. The Hall–Kier alpha value is -2.39. The maximum absolute atomic E-state index is 11.2. The lowest BCUT2D eigenvalue weighted by atomic mass is 10.0. The van der Waals surface area contributed by atoms with Gasteiger partial charge in [0, 0.05) is 5.56 Å². The van der Waals surface area contributed by atoms with Crippen molar-refractivity contribution in [2.45, 2.75) is 6.61 Å². The molecule has 1 heterocycles.